The molecule has 1 amide bonds. The molecule has 4 aromatic rings. The van der Waals surface area contributed by atoms with Crippen molar-refractivity contribution < 1.29 is 9.32 Å². The number of benzene rings is 2. The Morgan fingerprint density at radius 1 is 1.07 bits per heavy atom. The van der Waals surface area contributed by atoms with Gasteiger partial charge in [-0.05, 0) is 37.1 Å². The van der Waals surface area contributed by atoms with E-state index in [-0.39, 0.29) is 5.91 Å². The molecule has 28 heavy (non-hydrogen) atoms. The number of nitrogens with one attached hydrogen (secondary N) is 2. The van der Waals surface area contributed by atoms with Gasteiger partial charge >= 0.3 is 0 Å². The number of hydrogen-bond acceptors (Lipinski definition) is 4. The molecule has 0 aliphatic heterocycles. The van der Waals surface area contributed by atoms with Gasteiger partial charge in [0.05, 0.1) is 0 Å². The number of amides is 1. The molecule has 2 aromatic carbocycles. The van der Waals surface area contributed by atoms with Gasteiger partial charge in [-0.3, -0.25) is 4.79 Å². The molecule has 2 aromatic heterocycles. The lowest BCUT2D eigenvalue weighted by Gasteiger charge is -2.05. The summed E-state index contributed by atoms with van der Waals surface area (Å²) in [4.78, 5) is 20.3. The quantitative estimate of drug-likeness (QED) is 0.520. The Hall–Kier alpha value is -3.41. The van der Waals surface area contributed by atoms with Gasteiger partial charge in [0, 0.05) is 28.1 Å². The third kappa shape index (κ3) is 3.17. The lowest BCUT2D eigenvalue weighted by Crippen LogP contribution is -2.12. The molecule has 6 nitrogen and oxygen atoms in total. The molecule has 0 unspecified atom stereocenters. The minimum atomic E-state index is -0.187. The summed E-state index contributed by atoms with van der Waals surface area (Å²) in [6, 6.07) is 17.2. The van der Waals surface area contributed by atoms with Gasteiger partial charge in [0.25, 0.3) is 5.91 Å². The topological polar surface area (TPSA) is 83.8 Å². The Morgan fingerprint density at radius 2 is 1.93 bits per heavy atom. The molecule has 0 atom stereocenters. The largest absolute Gasteiger partial charge is 0.351 e. The number of para-hydroxylation sites is 1. The van der Waals surface area contributed by atoms with Crippen LogP contribution < -0.4 is 5.32 Å². The van der Waals surface area contributed by atoms with Crippen molar-refractivity contribution in [2.75, 3.05) is 5.32 Å². The Labute approximate surface area is 162 Å². The first kappa shape index (κ1) is 16.7. The maximum absolute atomic E-state index is 12.6. The first-order valence-corrected chi connectivity index (χ1v) is 9.59. The lowest BCUT2D eigenvalue weighted by molar-refractivity contribution is 0.102. The number of H-pyrrole nitrogens is 1. The van der Waals surface area contributed by atoms with Gasteiger partial charge in [-0.2, -0.15) is 4.98 Å². The van der Waals surface area contributed by atoms with Crippen molar-refractivity contribution in [3.63, 3.8) is 0 Å². The van der Waals surface area contributed by atoms with Crippen LogP contribution in [-0.2, 0) is 0 Å². The number of nitrogens with zero attached hydrogens (tertiary/aromatic N) is 2. The van der Waals surface area contributed by atoms with E-state index in [4.69, 9.17) is 4.52 Å². The van der Waals surface area contributed by atoms with E-state index in [0.29, 0.717) is 23.1 Å². The second-order valence-corrected chi connectivity index (χ2v) is 7.24. The Balaban J connectivity index is 1.36. The highest BCUT2D eigenvalue weighted by atomic mass is 16.5. The SMILES string of the molecule is O=C(Nc1cccc(-c2noc(C3CCCC3)n2)c1)c1cc2ccccc2[nH]1. The molecular weight excluding hydrogens is 352 g/mol. The number of aromatic nitrogens is 3. The average Bonchev–Trinajstić information content (AvgIpc) is 3.47. The van der Waals surface area contributed by atoms with Crippen LogP contribution in [0.2, 0.25) is 0 Å². The van der Waals surface area contributed by atoms with Crippen LogP contribution in [0.4, 0.5) is 5.69 Å². The van der Waals surface area contributed by atoms with Gasteiger partial charge in [0.15, 0.2) is 0 Å². The van der Waals surface area contributed by atoms with Crippen LogP contribution in [0.5, 0.6) is 0 Å². The number of rotatable bonds is 4. The van der Waals surface area contributed by atoms with Crippen molar-refractivity contribution in [2.45, 2.75) is 31.6 Å². The summed E-state index contributed by atoms with van der Waals surface area (Å²) < 4.78 is 5.47. The number of carbonyl (C=O) groups is 1. The van der Waals surface area contributed by atoms with Crippen molar-refractivity contribution in [1.29, 1.82) is 0 Å². The Bertz CT molecular complexity index is 1110. The smallest absolute Gasteiger partial charge is 0.272 e. The van der Waals surface area contributed by atoms with Gasteiger partial charge in [0.1, 0.15) is 5.69 Å². The highest BCUT2D eigenvalue weighted by Crippen LogP contribution is 2.34. The summed E-state index contributed by atoms with van der Waals surface area (Å²) in [6.07, 6.45) is 4.67. The van der Waals surface area contributed by atoms with Crippen molar-refractivity contribution in [1.82, 2.24) is 15.1 Å². The van der Waals surface area contributed by atoms with Crippen LogP contribution in [-0.4, -0.2) is 21.0 Å². The fourth-order valence-electron chi connectivity index (χ4n) is 3.82. The van der Waals surface area contributed by atoms with Gasteiger partial charge < -0.3 is 14.8 Å². The maximum atomic E-state index is 12.6. The molecule has 2 N–H and O–H groups in total. The molecule has 2 heterocycles. The standard InChI is InChI=1S/C22H20N4O2/c27-21(19-13-15-8-3-4-11-18(15)24-19)23-17-10-5-9-16(12-17)20-25-22(28-26-20)14-6-1-2-7-14/h3-5,8-14,24H,1-2,6-7H2,(H,23,27). The van der Waals surface area contributed by atoms with E-state index >= 15 is 0 Å². The highest BCUT2D eigenvalue weighted by Gasteiger charge is 2.23. The third-order valence-corrected chi connectivity index (χ3v) is 5.30. The molecule has 6 heteroatoms. The molecule has 5 rings (SSSR count). The summed E-state index contributed by atoms with van der Waals surface area (Å²) in [5.74, 6) is 1.47. The van der Waals surface area contributed by atoms with Crippen LogP contribution in [0.3, 0.4) is 0 Å². The molecule has 1 aliphatic rings. The number of hydrogen-bond donors (Lipinski definition) is 2. The van der Waals surface area contributed by atoms with Crippen LogP contribution in [0.15, 0.2) is 59.1 Å². The minimum absolute atomic E-state index is 0.187. The molecule has 1 fully saturated rings. The first-order chi connectivity index (χ1) is 13.8. The van der Waals surface area contributed by atoms with E-state index in [9.17, 15) is 4.79 Å². The van der Waals surface area contributed by atoms with E-state index < -0.39 is 0 Å². The number of fused-ring (bicyclic) bond motifs is 1. The maximum Gasteiger partial charge on any atom is 0.272 e. The van der Waals surface area contributed by atoms with Crippen molar-refractivity contribution >= 4 is 22.5 Å². The zero-order valence-electron chi connectivity index (χ0n) is 15.3. The van der Waals surface area contributed by atoms with Crippen LogP contribution in [0.1, 0.15) is 48.0 Å². The van der Waals surface area contributed by atoms with E-state index in [2.05, 4.69) is 20.4 Å². The Morgan fingerprint density at radius 3 is 2.79 bits per heavy atom. The number of aromatic amines is 1. The van der Waals surface area contributed by atoms with Gasteiger partial charge in [-0.15, -0.1) is 0 Å². The van der Waals surface area contributed by atoms with Gasteiger partial charge in [0.2, 0.25) is 11.7 Å². The summed E-state index contributed by atoms with van der Waals surface area (Å²) in [7, 11) is 0. The van der Waals surface area contributed by atoms with Crippen LogP contribution in [0.25, 0.3) is 22.3 Å². The fraction of sp³-hybridized carbons (Fsp3) is 0.227. The van der Waals surface area contributed by atoms with Crippen LogP contribution in [0, 0.1) is 0 Å². The van der Waals surface area contributed by atoms with Crippen LogP contribution >= 0.6 is 0 Å². The Kier molecular flexibility index (Phi) is 4.16. The van der Waals surface area contributed by atoms with Crippen molar-refractivity contribution in [3.05, 3.63) is 66.2 Å². The number of carbonyl (C=O) groups excluding carboxylic acids is 1. The first-order valence-electron chi connectivity index (χ1n) is 9.59. The monoisotopic (exact) mass is 372 g/mol. The molecule has 0 saturated heterocycles. The lowest BCUT2D eigenvalue weighted by atomic mass is 10.1. The van der Waals surface area contributed by atoms with Gasteiger partial charge in [-0.25, -0.2) is 0 Å². The molecule has 0 radical (unpaired) electrons. The minimum Gasteiger partial charge on any atom is -0.351 e. The number of anilines is 1. The molecule has 140 valence electrons. The van der Waals surface area contributed by atoms with E-state index in [1.54, 1.807) is 0 Å². The van der Waals surface area contributed by atoms with E-state index in [1.807, 2.05) is 54.6 Å². The fourth-order valence-corrected chi connectivity index (χ4v) is 3.82. The predicted octanol–water partition coefficient (Wildman–Crippen LogP) is 5.13. The molecule has 1 aliphatic carbocycles. The zero-order valence-corrected chi connectivity index (χ0v) is 15.3. The summed E-state index contributed by atoms with van der Waals surface area (Å²) in [5.41, 5.74) is 2.97. The van der Waals surface area contributed by atoms with E-state index in [1.165, 1.54) is 12.8 Å². The average molecular weight is 372 g/mol. The third-order valence-electron chi connectivity index (χ3n) is 5.30. The summed E-state index contributed by atoms with van der Waals surface area (Å²) in [6.45, 7) is 0. The molecule has 0 bridgehead atoms. The van der Waals surface area contributed by atoms with Gasteiger partial charge in [-0.1, -0.05) is 48.3 Å². The zero-order chi connectivity index (χ0) is 18.9. The molecule has 0 spiro atoms. The van der Waals surface area contributed by atoms with Crippen molar-refractivity contribution in [2.24, 2.45) is 0 Å². The second-order valence-electron chi connectivity index (χ2n) is 7.24. The summed E-state index contributed by atoms with van der Waals surface area (Å²) in [5, 5.41) is 8.08. The highest BCUT2D eigenvalue weighted by molar-refractivity contribution is 6.06. The molecule has 1 saturated carbocycles. The summed E-state index contributed by atoms with van der Waals surface area (Å²) >= 11 is 0. The normalized spacial score (nSPS) is 14.6. The van der Waals surface area contributed by atoms with Crippen molar-refractivity contribution in [3.8, 4) is 11.4 Å². The predicted molar refractivity (Wildman–Crippen MR) is 107 cm³/mol. The van der Waals surface area contributed by atoms with E-state index in [0.717, 1.165) is 35.2 Å². The second kappa shape index (κ2) is 6.96. The molecular formula is C22H20N4O2.